The van der Waals surface area contributed by atoms with E-state index < -0.39 is 0 Å². The Morgan fingerprint density at radius 3 is 2.65 bits per heavy atom. The van der Waals surface area contributed by atoms with E-state index in [-0.39, 0.29) is 11.5 Å². The largest absolute Gasteiger partial charge is 0.365 e. The molecule has 1 aliphatic rings. The summed E-state index contributed by atoms with van der Waals surface area (Å²) < 4.78 is 2.96. The van der Waals surface area contributed by atoms with E-state index in [4.69, 9.17) is 4.98 Å². The maximum absolute atomic E-state index is 13.4. The molecule has 0 bridgehead atoms. The predicted octanol–water partition coefficient (Wildman–Crippen LogP) is 4.08. The van der Waals surface area contributed by atoms with Gasteiger partial charge in [0.2, 0.25) is 5.91 Å². The molecule has 0 unspecified atom stereocenters. The van der Waals surface area contributed by atoms with Crippen LogP contribution < -0.4 is 10.9 Å². The zero-order valence-electron chi connectivity index (χ0n) is 17.2. The first-order valence-electron chi connectivity index (χ1n) is 10.7. The normalized spacial score (nSPS) is 14.1. The number of carbonyl (C=O) groups excluding carboxylic acids is 1. The van der Waals surface area contributed by atoms with E-state index in [2.05, 4.69) is 17.4 Å². The van der Waals surface area contributed by atoms with Gasteiger partial charge in [-0.2, -0.15) is 0 Å². The molecular formula is C24H24N4O2S. The van der Waals surface area contributed by atoms with Crippen molar-refractivity contribution >= 4 is 43.5 Å². The highest BCUT2D eigenvalue weighted by molar-refractivity contribution is 7.25. The molecular weight excluding hydrogens is 408 g/mol. The molecule has 1 aliphatic heterocycles. The number of aromatic nitrogens is 2. The van der Waals surface area contributed by atoms with Crippen LogP contribution in [-0.4, -0.2) is 40.0 Å². The lowest BCUT2D eigenvalue weighted by molar-refractivity contribution is -0.127. The third-order valence-corrected chi connectivity index (χ3v) is 6.79. The van der Waals surface area contributed by atoms with Crippen LogP contribution in [0.5, 0.6) is 0 Å². The Morgan fingerprint density at radius 1 is 1.03 bits per heavy atom. The topological polar surface area (TPSA) is 67.2 Å². The monoisotopic (exact) mass is 432 g/mol. The number of hydrogen-bond acceptors (Lipinski definition) is 5. The van der Waals surface area contributed by atoms with Gasteiger partial charge < -0.3 is 10.2 Å². The molecule has 1 fully saturated rings. The summed E-state index contributed by atoms with van der Waals surface area (Å²) >= 11 is 1.61. The maximum atomic E-state index is 13.4. The fourth-order valence-electron chi connectivity index (χ4n) is 4.18. The van der Waals surface area contributed by atoms with Gasteiger partial charge in [-0.05, 0) is 24.5 Å². The summed E-state index contributed by atoms with van der Waals surface area (Å²) in [7, 11) is 0. The quantitative estimate of drug-likeness (QED) is 0.447. The first kappa shape index (κ1) is 19.8. The van der Waals surface area contributed by atoms with Crippen molar-refractivity contribution in [1.29, 1.82) is 0 Å². The Balaban J connectivity index is 1.47. The van der Waals surface area contributed by atoms with Crippen molar-refractivity contribution in [2.45, 2.75) is 25.8 Å². The zero-order chi connectivity index (χ0) is 21.2. The van der Waals surface area contributed by atoms with Crippen LogP contribution in [0.25, 0.3) is 20.4 Å². The van der Waals surface area contributed by atoms with Gasteiger partial charge in [0.1, 0.15) is 4.83 Å². The van der Waals surface area contributed by atoms with Gasteiger partial charge in [0.15, 0.2) is 5.82 Å². The van der Waals surface area contributed by atoms with Gasteiger partial charge in [0.25, 0.3) is 5.56 Å². The lowest BCUT2D eigenvalue weighted by atomic mass is 10.2. The second-order valence-corrected chi connectivity index (χ2v) is 8.88. The summed E-state index contributed by atoms with van der Waals surface area (Å²) in [5, 5.41) is 4.30. The first-order valence-corrected chi connectivity index (χ1v) is 11.5. The molecule has 158 valence electrons. The molecule has 5 rings (SSSR count). The van der Waals surface area contributed by atoms with Crippen LogP contribution in [-0.2, 0) is 11.3 Å². The number of amides is 1. The summed E-state index contributed by atoms with van der Waals surface area (Å²) in [6.07, 6.45) is 2.39. The number of anilines is 1. The molecule has 0 spiro atoms. The van der Waals surface area contributed by atoms with E-state index in [1.54, 1.807) is 11.3 Å². The minimum atomic E-state index is -0.114. The van der Waals surface area contributed by atoms with E-state index in [9.17, 15) is 9.59 Å². The van der Waals surface area contributed by atoms with Crippen molar-refractivity contribution in [3.63, 3.8) is 0 Å². The number of hydrogen-bond donors (Lipinski definition) is 1. The van der Waals surface area contributed by atoms with E-state index in [0.29, 0.717) is 25.3 Å². The van der Waals surface area contributed by atoms with Crippen LogP contribution >= 0.6 is 11.3 Å². The SMILES string of the molecule is O=C1CCCN1CCCNc1nc2sc3ccccc3c2n(Cc2ccccc2)c1=O. The van der Waals surface area contributed by atoms with Crippen molar-refractivity contribution in [2.75, 3.05) is 25.0 Å². The Hall–Kier alpha value is -3.19. The van der Waals surface area contributed by atoms with Crippen molar-refractivity contribution < 1.29 is 4.79 Å². The van der Waals surface area contributed by atoms with Gasteiger partial charge in [-0.25, -0.2) is 4.98 Å². The number of carbonyl (C=O) groups is 1. The number of nitrogens with one attached hydrogen (secondary N) is 1. The van der Waals surface area contributed by atoms with Crippen molar-refractivity contribution in [1.82, 2.24) is 14.5 Å². The Morgan fingerprint density at radius 2 is 1.84 bits per heavy atom. The molecule has 0 atom stereocenters. The highest BCUT2D eigenvalue weighted by atomic mass is 32.1. The number of thiophene rings is 1. The third kappa shape index (κ3) is 3.93. The zero-order valence-corrected chi connectivity index (χ0v) is 18.0. The van der Waals surface area contributed by atoms with Crippen LogP contribution in [0.1, 0.15) is 24.8 Å². The highest BCUT2D eigenvalue weighted by Crippen LogP contribution is 2.32. The minimum absolute atomic E-state index is 0.114. The Kier molecular flexibility index (Phi) is 5.42. The molecule has 0 radical (unpaired) electrons. The third-order valence-electron chi connectivity index (χ3n) is 5.73. The van der Waals surface area contributed by atoms with Gasteiger partial charge in [0, 0.05) is 36.1 Å². The fourth-order valence-corrected chi connectivity index (χ4v) is 5.27. The van der Waals surface area contributed by atoms with Crippen LogP contribution in [0, 0.1) is 0 Å². The lowest BCUT2D eigenvalue weighted by Crippen LogP contribution is -2.29. The number of benzene rings is 2. The smallest absolute Gasteiger partial charge is 0.294 e. The second-order valence-electron chi connectivity index (χ2n) is 7.85. The number of nitrogens with zero attached hydrogens (tertiary/aromatic N) is 3. The van der Waals surface area contributed by atoms with Crippen LogP contribution in [0.3, 0.4) is 0 Å². The van der Waals surface area contributed by atoms with Gasteiger partial charge in [-0.3, -0.25) is 14.2 Å². The predicted molar refractivity (Wildman–Crippen MR) is 126 cm³/mol. The van der Waals surface area contributed by atoms with E-state index in [1.807, 2.05) is 51.9 Å². The summed E-state index contributed by atoms with van der Waals surface area (Å²) in [5.74, 6) is 0.609. The maximum Gasteiger partial charge on any atom is 0.294 e. The second kappa shape index (κ2) is 8.51. The number of likely N-dealkylation sites (tertiary alicyclic amines) is 1. The molecule has 7 heteroatoms. The molecule has 1 N–H and O–H groups in total. The average molecular weight is 433 g/mol. The summed E-state index contributed by atoms with van der Waals surface area (Å²) in [5.41, 5.74) is 1.85. The molecule has 2 aromatic carbocycles. The summed E-state index contributed by atoms with van der Waals surface area (Å²) in [6, 6.07) is 18.2. The summed E-state index contributed by atoms with van der Waals surface area (Å²) in [4.78, 5) is 32.6. The molecule has 1 amide bonds. The van der Waals surface area contributed by atoms with Crippen LogP contribution in [0.15, 0.2) is 59.4 Å². The van der Waals surface area contributed by atoms with E-state index >= 15 is 0 Å². The molecule has 0 aliphatic carbocycles. The number of rotatable bonds is 7. The molecule has 0 saturated carbocycles. The minimum Gasteiger partial charge on any atom is -0.365 e. The standard InChI is InChI=1S/C24H24N4O2S/c29-20-12-6-14-27(20)15-7-13-25-22-24(30)28(16-17-8-2-1-3-9-17)21-18-10-4-5-11-19(18)31-23(21)26-22/h1-5,8-11H,6-7,12-16H2,(H,25,26). The van der Waals surface area contributed by atoms with Gasteiger partial charge in [-0.1, -0.05) is 48.5 Å². The summed E-state index contributed by atoms with van der Waals surface area (Å²) in [6.45, 7) is 2.66. The lowest BCUT2D eigenvalue weighted by Gasteiger charge is -2.16. The first-order chi connectivity index (χ1) is 15.2. The molecule has 2 aromatic heterocycles. The Bertz CT molecular complexity index is 1300. The molecule has 4 aromatic rings. The molecule has 6 nitrogen and oxygen atoms in total. The molecule has 1 saturated heterocycles. The van der Waals surface area contributed by atoms with Gasteiger partial charge in [0.05, 0.1) is 12.1 Å². The van der Waals surface area contributed by atoms with Crippen LogP contribution in [0.2, 0.25) is 0 Å². The fraction of sp³-hybridized carbons (Fsp3) is 0.292. The van der Waals surface area contributed by atoms with Crippen LogP contribution in [0.4, 0.5) is 5.82 Å². The molecule has 3 heterocycles. The highest BCUT2D eigenvalue weighted by Gasteiger charge is 2.20. The Labute approximate surface area is 184 Å². The van der Waals surface area contributed by atoms with Gasteiger partial charge >= 0.3 is 0 Å². The van der Waals surface area contributed by atoms with E-state index in [1.165, 1.54) is 0 Å². The average Bonchev–Trinajstić information content (AvgIpc) is 3.37. The van der Waals surface area contributed by atoms with E-state index in [0.717, 1.165) is 51.9 Å². The van der Waals surface area contributed by atoms with Crippen molar-refractivity contribution in [3.8, 4) is 0 Å². The van der Waals surface area contributed by atoms with Crippen molar-refractivity contribution in [2.24, 2.45) is 0 Å². The van der Waals surface area contributed by atoms with Crippen molar-refractivity contribution in [3.05, 3.63) is 70.5 Å². The van der Waals surface area contributed by atoms with Gasteiger partial charge in [-0.15, -0.1) is 11.3 Å². The molecule has 31 heavy (non-hydrogen) atoms. The number of fused-ring (bicyclic) bond motifs is 3.